The fourth-order valence-electron chi connectivity index (χ4n) is 1.18. The molecule has 1 aliphatic rings. The van der Waals surface area contributed by atoms with Crippen LogP contribution in [0.15, 0.2) is 11.8 Å². The first-order chi connectivity index (χ1) is 6.15. The Morgan fingerprint density at radius 1 is 1.69 bits per heavy atom. The van der Waals surface area contributed by atoms with Crippen molar-refractivity contribution in [3.05, 3.63) is 11.8 Å². The lowest BCUT2D eigenvalue weighted by Gasteiger charge is -2.08. The number of carbonyl (C=O) groups is 2. The topological polar surface area (TPSA) is 55.4 Å². The molecule has 1 aliphatic heterocycles. The van der Waals surface area contributed by atoms with Crippen LogP contribution in [0.4, 0.5) is 0 Å². The summed E-state index contributed by atoms with van der Waals surface area (Å²) in [5, 5.41) is 2.82. The van der Waals surface area contributed by atoms with Crippen LogP contribution in [0.5, 0.6) is 0 Å². The monoisotopic (exact) mass is 183 g/mol. The van der Waals surface area contributed by atoms with E-state index < -0.39 is 0 Å². The zero-order valence-corrected chi connectivity index (χ0v) is 7.79. The molecule has 0 radical (unpaired) electrons. The van der Waals surface area contributed by atoms with Crippen molar-refractivity contribution in [2.45, 2.75) is 26.3 Å². The fraction of sp³-hybridized carbons (Fsp3) is 0.556. The third-order valence-corrected chi connectivity index (χ3v) is 1.91. The van der Waals surface area contributed by atoms with Gasteiger partial charge in [0.25, 0.3) is 0 Å². The number of hydrogen-bond acceptors (Lipinski definition) is 4. The Hall–Kier alpha value is -1.32. The van der Waals surface area contributed by atoms with Gasteiger partial charge in [0.1, 0.15) is 6.04 Å². The van der Waals surface area contributed by atoms with Crippen molar-refractivity contribution in [3.8, 4) is 0 Å². The zero-order chi connectivity index (χ0) is 9.84. The summed E-state index contributed by atoms with van der Waals surface area (Å²) in [6.07, 6.45) is 2.03. The van der Waals surface area contributed by atoms with Crippen LogP contribution in [-0.2, 0) is 14.3 Å². The number of rotatable bonds is 3. The van der Waals surface area contributed by atoms with Gasteiger partial charge in [0, 0.05) is 18.2 Å². The van der Waals surface area contributed by atoms with Gasteiger partial charge in [0.05, 0.1) is 6.61 Å². The van der Waals surface area contributed by atoms with E-state index in [2.05, 4.69) is 5.32 Å². The standard InChI is InChI=1S/C9H13NO3/c1-3-13-9(12)8-4-7(5-10-8)6(2)11/h5,8,10H,3-4H2,1-2H3. The fourth-order valence-corrected chi connectivity index (χ4v) is 1.18. The van der Waals surface area contributed by atoms with Crippen LogP contribution in [-0.4, -0.2) is 24.4 Å². The molecule has 1 atom stereocenters. The van der Waals surface area contributed by atoms with Gasteiger partial charge >= 0.3 is 5.97 Å². The molecule has 4 nitrogen and oxygen atoms in total. The molecule has 0 spiro atoms. The lowest BCUT2D eigenvalue weighted by atomic mass is 10.1. The molecule has 0 aromatic carbocycles. The second-order valence-corrected chi connectivity index (χ2v) is 2.90. The van der Waals surface area contributed by atoms with Crippen LogP contribution in [0.25, 0.3) is 0 Å². The normalized spacial score (nSPS) is 20.5. The van der Waals surface area contributed by atoms with Crippen LogP contribution < -0.4 is 5.32 Å². The molecular formula is C9H13NO3. The summed E-state index contributed by atoms with van der Waals surface area (Å²) in [5.74, 6) is -0.297. The maximum Gasteiger partial charge on any atom is 0.328 e. The lowest BCUT2D eigenvalue weighted by Crippen LogP contribution is -2.31. The van der Waals surface area contributed by atoms with Gasteiger partial charge in [-0.05, 0) is 13.8 Å². The molecule has 0 amide bonds. The summed E-state index contributed by atoms with van der Waals surface area (Å²) in [5.41, 5.74) is 0.651. The summed E-state index contributed by atoms with van der Waals surface area (Å²) in [6, 6.07) is -0.376. The van der Waals surface area contributed by atoms with E-state index in [-0.39, 0.29) is 17.8 Å². The molecule has 0 aliphatic carbocycles. The maximum absolute atomic E-state index is 11.2. The number of carbonyl (C=O) groups excluding carboxylic acids is 2. The third kappa shape index (κ3) is 2.31. The maximum atomic E-state index is 11.2. The number of esters is 1. The first-order valence-corrected chi connectivity index (χ1v) is 4.27. The molecule has 0 aromatic heterocycles. The molecule has 1 unspecified atom stereocenters. The minimum Gasteiger partial charge on any atom is -0.464 e. The summed E-state index contributed by atoms with van der Waals surface area (Å²) in [6.45, 7) is 3.61. The molecule has 72 valence electrons. The van der Waals surface area contributed by atoms with Gasteiger partial charge in [0.2, 0.25) is 0 Å². The number of nitrogens with one attached hydrogen (secondary N) is 1. The highest BCUT2D eigenvalue weighted by molar-refractivity contribution is 5.95. The third-order valence-electron chi connectivity index (χ3n) is 1.91. The van der Waals surface area contributed by atoms with Gasteiger partial charge in [0.15, 0.2) is 5.78 Å². The smallest absolute Gasteiger partial charge is 0.328 e. The van der Waals surface area contributed by atoms with Gasteiger partial charge in [-0.1, -0.05) is 0 Å². The van der Waals surface area contributed by atoms with Crippen molar-refractivity contribution in [2.24, 2.45) is 0 Å². The summed E-state index contributed by atoms with van der Waals surface area (Å²) >= 11 is 0. The van der Waals surface area contributed by atoms with Crippen molar-refractivity contribution in [1.82, 2.24) is 5.32 Å². The van der Waals surface area contributed by atoms with Crippen molar-refractivity contribution >= 4 is 11.8 Å². The van der Waals surface area contributed by atoms with Gasteiger partial charge in [-0.15, -0.1) is 0 Å². The van der Waals surface area contributed by atoms with Gasteiger partial charge < -0.3 is 10.1 Å². The van der Waals surface area contributed by atoms with Gasteiger partial charge in [-0.25, -0.2) is 4.79 Å². The van der Waals surface area contributed by atoms with E-state index in [1.165, 1.54) is 6.92 Å². The Bertz CT molecular complexity index is 258. The SMILES string of the molecule is CCOC(=O)C1CC(C(C)=O)=CN1. The van der Waals surface area contributed by atoms with Crippen LogP contribution in [0.1, 0.15) is 20.3 Å². The van der Waals surface area contributed by atoms with Gasteiger partial charge in [-0.2, -0.15) is 0 Å². The van der Waals surface area contributed by atoms with E-state index in [4.69, 9.17) is 4.74 Å². The highest BCUT2D eigenvalue weighted by Gasteiger charge is 2.26. The Morgan fingerprint density at radius 3 is 2.85 bits per heavy atom. The summed E-state index contributed by atoms with van der Waals surface area (Å²) < 4.78 is 4.81. The predicted octanol–water partition coefficient (Wildman–Crippen LogP) is 0.384. The van der Waals surface area contributed by atoms with E-state index in [0.717, 1.165) is 0 Å². The summed E-state index contributed by atoms with van der Waals surface area (Å²) in [7, 11) is 0. The zero-order valence-electron chi connectivity index (χ0n) is 7.79. The van der Waals surface area contributed by atoms with E-state index >= 15 is 0 Å². The minimum absolute atomic E-state index is 0.000650. The van der Waals surface area contributed by atoms with Crippen LogP contribution in [0.2, 0.25) is 0 Å². The quantitative estimate of drug-likeness (QED) is 0.643. The molecule has 13 heavy (non-hydrogen) atoms. The molecular weight excluding hydrogens is 170 g/mol. The lowest BCUT2D eigenvalue weighted by molar-refractivity contribution is -0.145. The molecule has 0 saturated heterocycles. The first kappa shape index (κ1) is 9.77. The number of ketones is 1. The van der Waals surface area contributed by atoms with Crippen molar-refractivity contribution in [3.63, 3.8) is 0 Å². The van der Waals surface area contributed by atoms with Crippen LogP contribution in [0, 0.1) is 0 Å². The highest BCUT2D eigenvalue weighted by Crippen LogP contribution is 2.13. The Morgan fingerprint density at radius 2 is 2.38 bits per heavy atom. The van der Waals surface area contributed by atoms with Crippen molar-refractivity contribution in [1.29, 1.82) is 0 Å². The largest absolute Gasteiger partial charge is 0.464 e. The van der Waals surface area contributed by atoms with Crippen molar-refractivity contribution < 1.29 is 14.3 Å². The predicted molar refractivity (Wildman–Crippen MR) is 46.9 cm³/mol. The molecule has 1 heterocycles. The number of Topliss-reactive ketones (excluding diaryl/α,β-unsaturated/α-hetero) is 1. The second-order valence-electron chi connectivity index (χ2n) is 2.90. The molecule has 0 saturated carbocycles. The van der Waals surface area contributed by atoms with Gasteiger partial charge in [-0.3, -0.25) is 4.79 Å². The van der Waals surface area contributed by atoms with E-state index in [1.54, 1.807) is 13.1 Å². The van der Waals surface area contributed by atoms with E-state index in [1.807, 2.05) is 0 Å². The number of ether oxygens (including phenoxy) is 1. The Labute approximate surface area is 76.9 Å². The highest BCUT2D eigenvalue weighted by atomic mass is 16.5. The minimum atomic E-state index is -0.376. The molecule has 4 heteroatoms. The van der Waals surface area contributed by atoms with Crippen LogP contribution >= 0.6 is 0 Å². The molecule has 1 N–H and O–H groups in total. The second kappa shape index (κ2) is 4.07. The molecule has 0 aromatic rings. The first-order valence-electron chi connectivity index (χ1n) is 4.27. The molecule has 0 bridgehead atoms. The Kier molecular flexibility index (Phi) is 3.06. The molecule has 1 rings (SSSR count). The van der Waals surface area contributed by atoms with E-state index in [0.29, 0.717) is 18.6 Å². The van der Waals surface area contributed by atoms with Crippen LogP contribution in [0.3, 0.4) is 0 Å². The Balaban J connectivity index is 2.45. The average Bonchev–Trinajstić information content (AvgIpc) is 2.52. The summed E-state index contributed by atoms with van der Waals surface area (Å²) in [4.78, 5) is 22.1. The average molecular weight is 183 g/mol. The number of hydrogen-bond donors (Lipinski definition) is 1. The molecule has 0 fully saturated rings. The van der Waals surface area contributed by atoms with E-state index in [9.17, 15) is 9.59 Å². The van der Waals surface area contributed by atoms with Crippen molar-refractivity contribution in [2.75, 3.05) is 6.61 Å².